The lowest BCUT2D eigenvalue weighted by Crippen LogP contribution is -2.24. The summed E-state index contributed by atoms with van der Waals surface area (Å²) in [6.45, 7) is 3.14. The summed E-state index contributed by atoms with van der Waals surface area (Å²) in [5.41, 5.74) is -3.97. The first-order valence-electron chi connectivity index (χ1n) is 8.16. The van der Waals surface area contributed by atoms with Crippen molar-refractivity contribution in [3.8, 4) is 0 Å². The number of nitrogens with zero attached hydrogens (tertiary/aromatic N) is 3. The highest BCUT2D eigenvalue weighted by Gasteiger charge is 2.42. The Morgan fingerprint density at radius 1 is 1.10 bits per heavy atom. The molecule has 0 aliphatic rings. The molecule has 0 bridgehead atoms. The second kappa shape index (κ2) is 8.42. The average Bonchev–Trinajstić information content (AvgIpc) is 2.63. The van der Waals surface area contributed by atoms with Gasteiger partial charge in [0.1, 0.15) is 5.69 Å². The molecule has 156 valence electrons. The standard InChI is InChI=1S/C17H14Cl2F3N3O4/c1-3-6-23(13-5-4-12(18)9(2)15(13)19)16-11(17(20,21)22)7-10(24(26)27)8-14(16)25(28)29/h4-5,7-8H,3,6H2,1-2H3. The third-order valence-electron chi connectivity index (χ3n) is 4.10. The van der Waals surface area contributed by atoms with Crippen LogP contribution >= 0.6 is 23.2 Å². The lowest BCUT2D eigenvalue weighted by atomic mass is 10.1. The number of non-ortho nitro benzene ring substituents is 1. The number of nitro benzene ring substituents is 2. The van der Waals surface area contributed by atoms with Gasteiger partial charge < -0.3 is 4.90 Å². The van der Waals surface area contributed by atoms with Crippen LogP contribution in [-0.2, 0) is 6.18 Å². The summed E-state index contributed by atoms with van der Waals surface area (Å²) in [6, 6.07) is 3.54. The maximum absolute atomic E-state index is 13.8. The number of nitro groups is 2. The highest BCUT2D eigenvalue weighted by Crippen LogP contribution is 2.48. The molecule has 0 radical (unpaired) electrons. The molecule has 2 aromatic carbocycles. The monoisotopic (exact) mass is 451 g/mol. The summed E-state index contributed by atoms with van der Waals surface area (Å²) in [4.78, 5) is 21.4. The van der Waals surface area contributed by atoms with Gasteiger partial charge in [-0.3, -0.25) is 20.2 Å². The molecule has 0 unspecified atom stereocenters. The summed E-state index contributed by atoms with van der Waals surface area (Å²) in [6.07, 6.45) is -4.78. The van der Waals surface area contributed by atoms with Crippen LogP contribution < -0.4 is 4.90 Å². The molecule has 0 N–H and O–H groups in total. The number of alkyl halides is 3. The van der Waals surface area contributed by atoms with Crippen LogP contribution in [0.2, 0.25) is 10.0 Å². The highest BCUT2D eigenvalue weighted by molar-refractivity contribution is 6.37. The van der Waals surface area contributed by atoms with Crippen LogP contribution in [0.3, 0.4) is 0 Å². The van der Waals surface area contributed by atoms with Gasteiger partial charge in [0.2, 0.25) is 0 Å². The Labute approximate surface area is 172 Å². The molecule has 7 nitrogen and oxygen atoms in total. The van der Waals surface area contributed by atoms with Crippen LogP contribution in [0.4, 0.5) is 35.9 Å². The van der Waals surface area contributed by atoms with E-state index in [4.69, 9.17) is 23.2 Å². The number of hydrogen-bond acceptors (Lipinski definition) is 5. The van der Waals surface area contributed by atoms with Crippen molar-refractivity contribution in [1.29, 1.82) is 0 Å². The van der Waals surface area contributed by atoms with E-state index in [1.54, 1.807) is 13.8 Å². The second-order valence-corrected chi connectivity index (χ2v) is 6.82. The quantitative estimate of drug-likeness (QED) is 0.360. The number of rotatable bonds is 6. The van der Waals surface area contributed by atoms with E-state index in [0.29, 0.717) is 18.1 Å². The van der Waals surface area contributed by atoms with Gasteiger partial charge in [-0.2, -0.15) is 13.2 Å². The number of halogens is 5. The SMILES string of the molecule is CCCN(c1ccc(Cl)c(C)c1Cl)c1c([N+](=O)[O-])cc([N+](=O)[O-])cc1C(F)(F)F. The molecule has 29 heavy (non-hydrogen) atoms. The molecule has 2 rings (SSSR count). The van der Waals surface area contributed by atoms with Gasteiger partial charge in [0.05, 0.1) is 32.2 Å². The minimum Gasteiger partial charge on any atom is -0.334 e. The average molecular weight is 452 g/mol. The van der Waals surface area contributed by atoms with E-state index in [0.717, 1.165) is 4.90 Å². The van der Waals surface area contributed by atoms with Gasteiger partial charge in [-0.25, -0.2) is 0 Å². The Morgan fingerprint density at radius 2 is 1.72 bits per heavy atom. The Morgan fingerprint density at radius 3 is 2.21 bits per heavy atom. The molecule has 0 spiro atoms. The second-order valence-electron chi connectivity index (χ2n) is 6.03. The first-order chi connectivity index (χ1) is 13.4. The van der Waals surface area contributed by atoms with Gasteiger partial charge >= 0.3 is 6.18 Å². The van der Waals surface area contributed by atoms with Crippen molar-refractivity contribution >= 4 is 46.0 Å². The topological polar surface area (TPSA) is 89.5 Å². The molecule has 2 aromatic rings. The van der Waals surface area contributed by atoms with E-state index in [1.807, 2.05) is 0 Å². The summed E-state index contributed by atoms with van der Waals surface area (Å²) in [5.74, 6) is 0. The lowest BCUT2D eigenvalue weighted by Gasteiger charge is -2.28. The van der Waals surface area contributed by atoms with Gasteiger partial charge in [0.15, 0.2) is 0 Å². The molecule has 0 fully saturated rings. The number of anilines is 2. The van der Waals surface area contributed by atoms with Crippen molar-refractivity contribution < 1.29 is 23.0 Å². The van der Waals surface area contributed by atoms with Gasteiger partial charge in [-0.1, -0.05) is 30.1 Å². The maximum atomic E-state index is 13.8. The van der Waals surface area contributed by atoms with Crippen molar-refractivity contribution in [2.45, 2.75) is 26.4 Å². The molecule has 0 amide bonds. The molecule has 0 aromatic heterocycles. The lowest BCUT2D eigenvalue weighted by molar-refractivity contribution is -0.394. The Bertz CT molecular complexity index is 983. The van der Waals surface area contributed by atoms with Crippen molar-refractivity contribution in [3.05, 3.63) is 65.7 Å². The van der Waals surface area contributed by atoms with Crippen molar-refractivity contribution in [3.63, 3.8) is 0 Å². The minimum atomic E-state index is -5.09. The largest absolute Gasteiger partial charge is 0.418 e. The van der Waals surface area contributed by atoms with Gasteiger partial charge in [0.25, 0.3) is 11.4 Å². The number of benzene rings is 2. The maximum Gasteiger partial charge on any atom is 0.418 e. The molecule has 0 atom stereocenters. The van der Waals surface area contributed by atoms with Crippen LogP contribution in [-0.4, -0.2) is 16.4 Å². The van der Waals surface area contributed by atoms with E-state index >= 15 is 0 Å². The van der Waals surface area contributed by atoms with Crippen LogP contribution in [0.25, 0.3) is 0 Å². The summed E-state index contributed by atoms with van der Waals surface area (Å²) in [7, 11) is 0. The van der Waals surface area contributed by atoms with Gasteiger partial charge in [-0.15, -0.1) is 0 Å². The molecule has 0 heterocycles. The fourth-order valence-electron chi connectivity index (χ4n) is 2.78. The molecular weight excluding hydrogens is 438 g/mol. The van der Waals surface area contributed by atoms with Crippen molar-refractivity contribution in [1.82, 2.24) is 0 Å². The van der Waals surface area contributed by atoms with E-state index in [1.165, 1.54) is 12.1 Å². The summed E-state index contributed by atoms with van der Waals surface area (Å²) in [5, 5.41) is 22.9. The zero-order valence-electron chi connectivity index (χ0n) is 15.1. The zero-order valence-corrected chi connectivity index (χ0v) is 16.6. The predicted octanol–water partition coefficient (Wildman–Crippen LogP) is 6.69. The molecule has 0 aliphatic heterocycles. The van der Waals surface area contributed by atoms with Crippen LogP contribution in [0.15, 0.2) is 24.3 Å². The highest BCUT2D eigenvalue weighted by atomic mass is 35.5. The predicted molar refractivity (Wildman–Crippen MR) is 103 cm³/mol. The van der Waals surface area contributed by atoms with E-state index in [2.05, 4.69) is 0 Å². The van der Waals surface area contributed by atoms with Crippen LogP contribution in [0.1, 0.15) is 24.5 Å². The minimum absolute atomic E-state index is 0.0201. The Balaban J connectivity index is 2.95. The summed E-state index contributed by atoms with van der Waals surface area (Å²) >= 11 is 12.3. The molecule has 0 aliphatic carbocycles. The summed E-state index contributed by atoms with van der Waals surface area (Å²) < 4.78 is 41.3. The Kier molecular flexibility index (Phi) is 6.59. The fourth-order valence-corrected chi connectivity index (χ4v) is 3.25. The first-order valence-corrected chi connectivity index (χ1v) is 8.91. The van der Waals surface area contributed by atoms with E-state index in [9.17, 15) is 33.4 Å². The van der Waals surface area contributed by atoms with Crippen LogP contribution in [0.5, 0.6) is 0 Å². The van der Waals surface area contributed by atoms with Gasteiger partial charge in [0, 0.05) is 17.6 Å². The molecule has 0 saturated heterocycles. The first kappa shape index (κ1) is 22.7. The smallest absolute Gasteiger partial charge is 0.334 e. The molecule has 12 heteroatoms. The van der Waals surface area contributed by atoms with Crippen molar-refractivity contribution in [2.24, 2.45) is 0 Å². The zero-order chi connectivity index (χ0) is 22.1. The normalized spacial score (nSPS) is 11.4. The van der Waals surface area contributed by atoms with Crippen LogP contribution in [0, 0.1) is 27.2 Å². The van der Waals surface area contributed by atoms with E-state index in [-0.39, 0.29) is 28.3 Å². The van der Waals surface area contributed by atoms with E-state index < -0.39 is 38.6 Å². The third-order valence-corrected chi connectivity index (χ3v) is 4.98. The van der Waals surface area contributed by atoms with Gasteiger partial charge in [-0.05, 0) is 31.0 Å². The molecular formula is C17H14Cl2F3N3O4. The Hall–Kier alpha value is -2.59. The number of hydrogen-bond donors (Lipinski definition) is 0. The fraction of sp³-hybridized carbons (Fsp3) is 0.294. The third kappa shape index (κ3) is 4.54. The molecule has 0 saturated carbocycles. The van der Waals surface area contributed by atoms with Crippen molar-refractivity contribution in [2.75, 3.05) is 11.4 Å².